The predicted molar refractivity (Wildman–Crippen MR) is 163 cm³/mol. The zero-order valence-electron chi connectivity index (χ0n) is 26.4. The molecule has 1 saturated heterocycles. The van der Waals surface area contributed by atoms with Gasteiger partial charge in [0, 0.05) is 29.6 Å². The number of benzene rings is 1. The Balaban J connectivity index is 1.64. The van der Waals surface area contributed by atoms with E-state index in [9.17, 15) is 36.2 Å². The average molecular weight is 680 g/mol. The smallest absolute Gasteiger partial charge is 0.418 e. The Morgan fingerprint density at radius 2 is 1.81 bits per heavy atom. The molecule has 3 amide bonds. The first-order chi connectivity index (χ1) is 21.8. The van der Waals surface area contributed by atoms with Gasteiger partial charge in [-0.2, -0.15) is 21.9 Å². The summed E-state index contributed by atoms with van der Waals surface area (Å²) in [7, 11) is -3.42. The summed E-state index contributed by atoms with van der Waals surface area (Å²) in [6.45, 7) is 7.81. The van der Waals surface area contributed by atoms with Gasteiger partial charge in [-0.05, 0) is 83.4 Å². The Morgan fingerprint density at radius 1 is 1.11 bits per heavy atom. The molecule has 1 aromatic carbocycles. The highest BCUT2D eigenvalue weighted by Crippen LogP contribution is 2.37. The highest BCUT2D eigenvalue weighted by atomic mass is 32.2. The van der Waals surface area contributed by atoms with Crippen molar-refractivity contribution < 1.29 is 45.6 Å². The predicted octanol–water partition coefficient (Wildman–Crippen LogP) is 6.68. The molecule has 0 unspecified atom stereocenters. The summed E-state index contributed by atoms with van der Waals surface area (Å²) in [5, 5.41) is 2.47. The Kier molecular flexibility index (Phi) is 9.94. The summed E-state index contributed by atoms with van der Waals surface area (Å²) in [5.41, 5.74) is -2.95. The lowest BCUT2D eigenvalue weighted by Crippen LogP contribution is -2.43. The summed E-state index contributed by atoms with van der Waals surface area (Å²) in [6, 6.07) is 6.68. The van der Waals surface area contributed by atoms with Crippen LogP contribution in [0.4, 0.5) is 28.0 Å². The zero-order valence-corrected chi connectivity index (χ0v) is 27.2. The Labute approximate surface area is 268 Å². The highest BCUT2D eigenvalue weighted by Gasteiger charge is 2.38. The van der Waals surface area contributed by atoms with Crippen molar-refractivity contribution >= 4 is 33.3 Å². The number of hydrogen-bond acceptors (Lipinski definition) is 8. The second kappa shape index (κ2) is 13.3. The van der Waals surface area contributed by atoms with Gasteiger partial charge in [-0.15, -0.1) is 0 Å². The average Bonchev–Trinajstić information content (AvgIpc) is 3.44. The molecule has 1 N–H and O–H groups in total. The largest absolute Gasteiger partial charge is 0.444 e. The van der Waals surface area contributed by atoms with E-state index in [0.29, 0.717) is 19.0 Å². The fraction of sp³-hybridized carbons (Fsp3) is 0.387. The first kappa shape index (κ1) is 35.3. The lowest BCUT2D eigenvalue weighted by Gasteiger charge is -2.27. The van der Waals surface area contributed by atoms with E-state index in [-0.39, 0.29) is 28.6 Å². The first-order valence-electron chi connectivity index (χ1n) is 14.3. The number of amides is 3. The summed E-state index contributed by atoms with van der Waals surface area (Å²) >= 11 is 0. The second-order valence-electron chi connectivity index (χ2n) is 11.8. The van der Waals surface area contributed by atoms with Crippen molar-refractivity contribution in [1.82, 2.24) is 14.9 Å². The molecule has 252 valence electrons. The fourth-order valence-electron chi connectivity index (χ4n) is 4.79. The van der Waals surface area contributed by atoms with Crippen molar-refractivity contribution in [2.75, 3.05) is 18.1 Å². The number of aromatic nitrogens is 2. The van der Waals surface area contributed by atoms with Gasteiger partial charge in [0.25, 0.3) is 11.8 Å². The number of likely N-dealkylation sites (tertiary alicyclic amines) is 1. The van der Waals surface area contributed by atoms with Crippen molar-refractivity contribution in [1.29, 1.82) is 0 Å². The van der Waals surface area contributed by atoms with Crippen LogP contribution in [0.5, 0.6) is 11.6 Å². The van der Waals surface area contributed by atoms with E-state index in [4.69, 9.17) is 9.47 Å². The molecule has 0 bridgehead atoms. The third kappa shape index (κ3) is 8.41. The van der Waals surface area contributed by atoms with Crippen LogP contribution in [0.3, 0.4) is 0 Å². The van der Waals surface area contributed by atoms with Crippen molar-refractivity contribution in [2.45, 2.75) is 70.2 Å². The number of anilines is 1. The van der Waals surface area contributed by atoms with Crippen molar-refractivity contribution in [3.63, 3.8) is 0 Å². The number of aryl methyl sites for hydroxylation is 1. The molecule has 1 aliphatic heterocycles. The lowest BCUT2D eigenvalue weighted by atomic mass is 10.0. The molecule has 3 heterocycles. The molecule has 2 aromatic heterocycles. The molecular formula is C31H33F4N5O6S. The minimum Gasteiger partial charge on any atom is -0.444 e. The number of hydrogen-bond donors (Lipinski definition) is 1. The van der Waals surface area contributed by atoms with Crippen LogP contribution in [-0.2, 0) is 25.4 Å². The molecule has 0 saturated carbocycles. The summed E-state index contributed by atoms with van der Waals surface area (Å²) in [6.07, 6.45) is -2.99. The van der Waals surface area contributed by atoms with E-state index in [1.54, 1.807) is 20.8 Å². The Morgan fingerprint density at radius 3 is 2.45 bits per heavy atom. The topological polar surface area (TPSA) is 140 Å². The van der Waals surface area contributed by atoms with Crippen LogP contribution in [0, 0.1) is 19.8 Å². The number of halogens is 4. The third-order valence-corrected chi connectivity index (χ3v) is 8.66. The van der Waals surface area contributed by atoms with Gasteiger partial charge in [-0.1, -0.05) is 6.07 Å². The molecule has 1 fully saturated rings. The van der Waals surface area contributed by atoms with E-state index in [1.165, 1.54) is 48.4 Å². The highest BCUT2D eigenvalue weighted by molar-refractivity contribution is 7.93. The van der Waals surface area contributed by atoms with E-state index >= 15 is 0 Å². The van der Waals surface area contributed by atoms with Crippen LogP contribution < -0.4 is 10.1 Å². The minimum atomic E-state index is -4.85. The van der Waals surface area contributed by atoms with Crippen LogP contribution in [0.1, 0.15) is 60.8 Å². The maximum absolute atomic E-state index is 13.8. The van der Waals surface area contributed by atoms with Gasteiger partial charge in [-0.25, -0.2) is 19.0 Å². The Hall–Kier alpha value is -4.60. The number of pyridine rings is 2. The van der Waals surface area contributed by atoms with E-state index in [2.05, 4.69) is 19.6 Å². The SMILES string of the molecule is Cc1nc(F)ccc1Oc1ncc(C(F)(F)F)c(C)c1C(=O)Nc1cccc([S@@](C)(=O)=NC(=O)[C@@H]2CCCN2C(=O)OC(C)(C)C)c1. The van der Waals surface area contributed by atoms with Gasteiger partial charge in [-0.3, -0.25) is 14.5 Å². The van der Waals surface area contributed by atoms with Gasteiger partial charge in [0.1, 0.15) is 17.2 Å². The molecular weight excluding hydrogens is 646 g/mol. The van der Waals surface area contributed by atoms with E-state index in [0.717, 1.165) is 13.0 Å². The van der Waals surface area contributed by atoms with Gasteiger partial charge in [0.05, 0.1) is 21.0 Å². The van der Waals surface area contributed by atoms with E-state index in [1.807, 2.05) is 0 Å². The van der Waals surface area contributed by atoms with Crippen molar-refractivity contribution in [2.24, 2.45) is 4.36 Å². The molecule has 0 radical (unpaired) electrons. The van der Waals surface area contributed by atoms with Gasteiger partial charge >= 0.3 is 12.3 Å². The molecule has 3 aromatic rings. The zero-order chi connectivity index (χ0) is 34.9. The maximum Gasteiger partial charge on any atom is 0.418 e. The van der Waals surface area contributed by atoms with Gasteiger partial charge in [0.2, 0.25) is 11.8 Å². The normalized spacial score (nSPS) is 16.3. The molecule has 47 heavy (non-hydrogen) atoms. The molecule has 16 heteroatoms. The molecule has 2 atom stereocenters. The fourth-order valence-corrected chi connectivity index (χ4v) is 6.04. The standard InChI is InChI=1S/C31H33F4N5O6S/c1-17-21(31(33,34)35)16-36-28(45-23-12-13-24(32)37-18(23)2)25(17)27(42)38-19-9-7-10-20(15-19)47(6,44)39-26(41)22-11-8-14-40(22)29(43)46-30(3,4)5/h7,9-10,12-13,15-16,22H,8,11,14H2,1-6H3,(H,38,42)/t22-,47+/m0/s1. The van der Waals surface area contributed by atoms with Crippen LogP contribution in [0.2, 0.25) is 0 Å². The number of carbonyl (C=O) groups excluding carboxylic acids is 3. The second-order valence-corrected chi connectivity index (χ2v) is 14.1. The first-order valence-corrected chi connectivity index (χ1v) is 16.2. The summed E-state index contributed by atoms with van der Waals surface area (Å²) < 4.78 is 83.4. The van der Waals surface area contributed by atoms with Crippen LogP contribution in [-0.4, -0.2) is 61.4 Å². The van der Waals surface area contributed by atoms with Crippen LogP contribution >= 0.6 is 0 Å². The van der Waals surface area contributed by atoms with Gasteiger partial charge in [0.15, 0.2) is 5.75 Å². The molecule has 4 rings (SSSR count). The number of ether oxygens (including phenoxy) is 2. The molecule has 11 nitrogen and oxygen atoms in total. The number of nitrogens with zero attached hydrogens (tertiary/aromatic N) is 4. The van der Waals surface area contributed by atoms with Crippen molar-refractivity contribution in [3.05, 3.63) is 70.9 Å². The van der Waals surface area contributed by atoms with Gasteiger partial charge < -0.3 is 14.8 Å². The number of rotatable bonds is 6. The third-order valence-electron chi connectivity index (χ3n) is 7.01. The number of carbonyl (C=O) groups is 3. The number of alkyl halides is 3. The number of nitrogens with one attached hydrogen (secondary N) is 1. The summed E-state index contributed by atoms with van der Waals surface area (Å²) in [5.74, 6) is -3.18. The quantitative estimate of drug-likeness (QED) is 0.225. The van der Waals surface area contributed by atoms with Crippen LogP contribution in [0.15, 0.2) is 51.9 Å². The minimum absolute atomic E-state index is 0.0170. The lowest BCUT2D eigenvalue weighted by molar-refractivity contribution is -0.138. The van der Waals surface area contributed by atoms with Crippen molar-refractivity contribution in [3.8, 4) is 11.6 Å². The maximum atomic E-state index is 13.8. The molecule has 1 aliphatic rings. The van der Waals surface area contributed by atoms with Crippen LogP contribution in [0.25, 0.3) is 0 Å². The Bertz CT molecular complexity index is 1850. The monoisotopic (exact) mass is 679 g/mol. The summed E-state index contributed by atoms with van der Waals surface area (Å²) in [4.78, 5) is 47.9. The molecule has 0 aliphatic carbocycles. The van der Waals surface area contributed by atoms with E-state index < -0.39 is 74.0 Å². The molecule has 0 spiro atoms.